The van der Waals surface area contributed by atoms with Gasteiger partial charge in [-0.15, -0.1) is 0 Å². The predicted molar refractivity (Wildman–Crippen MR) is 172 cm³/mol. The average Bonchev–Trinajstić information content (AvgIpc) is 3.65. The van der Waals surface area contributed by atoms with Crippen LogP contribution in [0.3, 0.4) is 0 Å². The third kappa shape index (κ3) is 6.53. The normalized spacial score (nSPS) is 19.3. The van der Waals surface area contributed by atoms with Crippen LogP contribution in [0.15, 0.2) is 59.0 Å². The van der Waals surface area contributed by atoms with E-state index in [-0.39, 0.29) is 17.3 Å². The minimum Gasteiger partial charge on any atom is -0.328 e. The molecule has 1 fully saturated rings. The van der Waals surface area contributed by atoms with Crippen LogP contribution in [-0.4, -0.2) is 15.8 Å². The lowest BCUT2D eigenvalue weighted by Crippen LogP contribution is -2.27. The molecule has 2 aromatic heterocycles. The lowest BCUT2D eigenvalue weighted by molar-refractivity contribution is -0.116. The molecular formula is C38H46N2O2. The Hall–Kier alpha value is -3.27. The highest BCUT2D eigenvalue weighted by atomic mass is 16.1. The number of nitrogens with zero attached hydrogens (tertiary/aromatic N) is 1. The summed E-state index contributed by atoms with van der Waals surface area (Å²) in [5.74, 6) is 2.03. The summed E-state index contributed by atoms with van der Waals surface area (Å²) >= 11 is 0. The molecule has 1 N–H and O–H groups in total. The predicted octanol–water partition coefficient (Wildman–Crippen LogP) is 8.63. The van der Waals surface area contributed by atoms with Crippen molar-refractivity contribution in [2.45, 2.75) is 104 Å². The number of allylic oxidation sites excluding steroid dienone is 1. The zero-order valence-corrected chi connectivity index (χ0v) is 25.7. The van der Waals surface area contributed by atoms with Crippen LogP contribution < -0.4 is 5.56 Å². The van der Waals surface area contributed by atoms with E-state index in [1.165, 1.54) is 61.8 Å². The number of aromatic nitrogens is 2. The van der Waals surface area contributed by atoms with Crippen molar-refractivity contribution in [1.82, 2.24) is 9.97 Å². The second-order valence-corrected chi connectivity index (χ2v) is 14.3. The van der Waals surface area contributed by atoms with Gasteiger partial charge >= 0.3 is 0 Å². The van der Waals surface area contributed by atoms with Crippen LogP contribution >= 0.6 is 0 Å². The molecule has 3 aromatic rings. The Balaban J connectivity index is 1.17. The fourth-order valence-electron chi connectivity index (χ4n) is 7.56. The van der Waals surface area contributed by atoms with Crippen molar-refractivity contribution in [2.24, 2.45) is 17.3 Å². The fraction of sp³-hybridized carbons (Fsp3) is 0.500. The van der Waals surface area contributed by atoms with Crippen molar-refractivity contribution in [3.63, 3.8) is 0 Å². The first-order valence-corrected chi connectivity index (χ1v) is 16.3. The van der Waals surface area contributed by atoms with Crippen molar-refractivity contribution in [2.75, 3.05) is 0 Å². The molecular weight excluding hydrogens is 516 g/mol. The monoisotopic (exact) mass is 562 g/mol. The number of carbonyl (C=O) groups is 1. The van der Waals surface area contributed by atoms with E-state index in [1.54, 1.807) is 12.3 Å². The van der Waals surface area contributed by atoms with E-state index in [9.17, 15) is 9.59 Å². The summed E-state index contributed by atoms with van der Waals surface area (Å²) < 4.78 is 0. The lowest BCUT2D eigenvalue weighted by Gasteiger charge is -2.34. The number of pyridine rings is 2. The summed E-state index contributed by atoms with van der Waals surface area (Å²) in [5.41, 5.74) is 9.34. The molecule has 2 heterocycles. The summed E-state index contributed by atoms with van der Waals surface area (Å²) in [6.45, 7) is 7.05. The number of carbonyl (C=O) groups excluding carboxylic acids is 1. The molecule has 2 atom stereocenters. The summed E-state index contributed by atoms with van der Waals surface area (Å²) in [5, 5.41) is 0. The summed E-state index contributed by atoms with van der Waals surface area (Å²) in [6, 6.07) is 14.4. The third-order valence-corrected chi connectivity index (χ3v) is 10.3. The molecule has 0 spiro atoms. The van der Waals surface area contributed by atoms with Gasteiger partial charge in [0.05, 0.1) is 5.69 Å². The molecule has 4 heteroatoms. The fourth-order valence-corrected chi connectivity index (χ4v) is 7.56. The van der Waals surface area contributed by atoms with E-state index < -0.39 is 0 Å². The molecule has 6 rings (SSSR count). The zero-order valence-electron chi connectivity index (χ0n) is 25.7. The van der Waals surface area contributed by atoms with Gasteiger partial charge in [0.2, 0.25) is 5.56 Å². The van der Waals surface area contributed by atoms with Crippen LogP contribution in [0, 0.1) is 17.3 Å². The Kier molecular flexibility index (Phi) is 8.34. The number of aromatic amines is 1. The smallest absolute Gasteiger partial charge is 0.247 e. The third-order valence-electron chi connectivity index (χ3n) is 10.3. The quantitative estimate of drug-likeness (QED) is 0.284. The number of hydrogen-bond donors (Lipinski definition) is 1. The molecule has 0 amide bonds. The van der Waals surface area contributed by atoms with Gasteiger partial charge in [0.15, 0.2) is 5.78 Å². The van der Waals surface area contributed by atoms with E-state index in [0.717, 1.165) is 53.1 Å². The largest absolute Gasteiger partial charge is 0.328 e. The van der Waals surface area contributed by atoms with Gasteiger partial charge in [-0.1, -0.05) is 83.6 Å². The number of aryl methyl sites for hydroxylation is 1. The highest BCUT2D eigenvalue weighted by Crippen LogP contribution is 2.39. The Bertz CT molecular complexity index is 1500. The molecule has 3 aliphatic carbocycles. The minimum atomic E-state index is -0.0935. The van der Waals surface area contributed by atoms with Crippen LogP contribution in [0.25, 0.3) is 17.2 Å². The standard InChI is InChI=1S/C38H46N2O2/c1-38(2,3)33-16-17-34-31(21-33)19-30-20-32(22-35(30)40-34)36(41)23-28(10-6-9-25-7-4-5-8-25)26-11-13-27(14-12-26)29-15-18-37(42)39-24-29/h11-15,18-20,24-25,28,33H,4-10,16-17,21-23H2,1-3H3,(H,39,42)/t28-,33-/m0/s1. The van der Waals surface area contributed by atoms with Gasteiger partial charge in [-0.3, -0.25) is 14.6 Å². The molecule has 42 heavy (non-hydrogen) atoms. The zero-order chi connectivity index (χ0) is 29.3. The first-order chi connectivity index (χ1) is 20.2. The van der Waals surface area contributed by atoms with E-state index >= 15 is 0 Å². The molecule has 3 aliphatic rings. The van der Waals surface area contributed by atoms with Gasteiger partial charge in [0.1, 0.15) is 0 Å². The summed E-state index contributed by atoms with van der Waals surface area (Å²) in [7, 11) is 0. The number of ketones is 1. The molecule has 1 aromatic carbocycles. The number of nitrogens with one attached hydrogen (secondary N) is 1. The first-order valence-electron chi connectivity index (χ1n) is 16.3. The van der Waals surface area contributed by atoms with Crippen molar-refractivity contribution < 1.29 is 4.79 Å². The van der Waals surface area contributed by atoms with Crippen LogP contribution in [0.2, 0.25) is 0 Å². The van der Waals surface area contributed by atoms with Gasteiger partial charge in [-0.25, -0.2) is 0 Å². The summed E-state index contributed by atoms with van der Waals surface area (Å²) in [4.78, 5) is 33.2. The van der Waals surface area contributed by atoms with Crippen molar-refractivity contribution in [3.8, 4) is 11.1 Å². The number of Topliss-reactive ketones (excluding diaryl/α,β-unsaturated/α-hetero) is 1. The maximum atomic E-state index is 13.8. The van der Waals surface area contributed by atoms with E-state index in [2.05, 4.69) is 62.2 Å². The van der Waals surface area contributed by atoms with Crippen molar-refractivity contribution in [3.05, 3.63) is 92.7 Å². The molecule has 0 unspecified atom stereocenters. The van der Waals surface area contributed by atoms with Crippen molar-refractivity contribution >= 4 is 11.9 Å². The second kappa shape index (κ2) is 12.1. The van der Waals surface area contributed by atoms with Crippen LogP contribution in [-0.2, 0) is 24.1 Å². The molecule has 4 nitrogen and oxygen atoms in total. The molecule has 0 bridgehead atoms. The number of rotatable bonds is 9. The molecule has 0 saturated heterocycles. The van der Waals surface area contributed by atoms with Crippen LogP contribution in [0.1, 0.15) is 113 Å². The Morgan fingerprint density at radius 1 is 1.00 bits per heavy atom. The van der Waals surface area contributed by atoms with Crippen LogP contribution in [0.5, 0.6) is 0 Å². The maximum absolute atomic E-state index is 13.8. The maximum Gasteiger partial charge on any atom is 0.247 e. The second-order valence-electron chi connectivity index (χ2n) is 14.3. The van der Waals surface area contributed by atoms with Gasteiger partial charge in [0.25, 0.3) is 0 Å². The Labute approximate surface area is 251 Å². The van der Waals surface area contributed by atoms with Crippen LogP contribution in [0.4, 0.5) is 0 Å². The molecule has 1 saturated carbocycles. The number of fused-ring (bicyclic) bond motifs is 2. The number of H-pyrrole nitrogens is 1. The average molecular weight is 563 g/mol. The molecule has 0 aliphatic heterocycles. The van der Waals surface area contributed by atoms with Gasteiger partial charge < -0.3 is 4.98 Å². The van der Waals surface area contributed by atoms with E-state index in [1.807, 2.05) is 6.07 Å². The SMILES string of the molecule is CC(C)(C)[C@H]1CCc2nc3c(cc2C1)C=C(C(=O)C[C@H](CCCC1CCCC1)c1ccc(-c2ccc(=O)[nH]c2)cc1)C3. The Morgan fingerprint density at radius 2 is 1.76 bits per heavy atom. The topological polar surface area (TPSA) is 62.8 Å². The summed E-state index contributed by atoms with van der Waals surface area (Å²) in [6.07, 6.45) is 17.5. The first kappa shape index (κ1) is 28.8. The van der Waals surface area contributed by atoms with Gasteiger partial charge in [-0.05, 0) is 94.9 Å². The lowest BCUT2D eigenvalue weighted by atomic mass is 9.71. The van der Waals surface area contributed by atoms with Crippen molar-refractivity contribution in [1.29, 1.82) is 0 Å². The highest BCUT2D eigenvalue weighted by Gasteiger charge is 2.31. The highest BCUT2D eigenvalue weighted by molar-refractivity contribution is 6.02. The number of benzene rings is 1. The van der Waals surface area contributed by atoms with E-state index in [4.69, 9.17) is 4.98 Å². The molecule has 0 radical (unpaired) electrons. The minimum absolute atomic E-state index is 0.0935. The number of hydrogen-bond acceptors (Lipinski definition) is 3. The Morgan fingerprint density at radius 3 is 2.48 bits per heavy atom. The van der Waals surface area contributed by atoms with Gasteiger partial charge in [-0.2, -0.15) is 0 Å². The van der Waals surface area contributed by atoms with Gasteiger partial charge in [0, 0.05) is 36.4 Å². The molecule has 220 valence electrons. The van der Waals surface area contributed by atoms with E-state index in [0.29, 0.717) is 24.2 Å².